The summed E-state index contributed by atoms with van der Waals surface area (Å²) in [5, 5.41) is 31.9. The van der Waals surface area contributed by atoms with Crippen LogP contribution < -0.4 is 51.4 Å². The van der Waals surface area contributed by atoms with Gasteiger partial charge >= 0.3 is 69.7 Å². The van der Waals surface area contributed by atoms with Crippen molar-refractivity contribution >= 4 is 5.97 Å². The Morgan fingerprint density at radius 2 is 0.939 bits per heavy atom. The third-order valence-corrected chi connectivity index (χ3v) is 27.5. The molecule has 10 aliphatic rings. The van der Waals surface area contributed by atoms with E-state index in [1.54, 1.807) is 0 Å². The molecule has 0 saturated heterocycles. The van der Waals surface area contributed by atoms with Crippen molar-refractivity contribution in [2.24, 2.45) is 105 Å². The number of rotatable bonds is 12. The summed E-state index contributed by atoms with van der Waals surface area (Å²) >= 11 is 0. The minimum atomic E-state index is -4.54. The van der Waals surface area contributed by atoms with E-state index >= 15 is 0 Å². The molecule has 82 heavy (non-hydrogen) atoms. The molecule has 0 unspecified atom stereocenters. The standard InChI is InChI=1S/C38H55F3O3.C31H51F3O2.K.H2O/c1-25(14-19-33(26-10-6-4-7-11-26)44-34(42)27-12-8-5-9-13-27)30-17-18-31-29-16-15-28-24-37(43,38(39,40)41)23-22-35(28,2)32(29)20-21-36(30,31)3;1-20(9-14-27(35)21-7-5-4-6-8-21)24-12-13-25-23-11-10-22-19-30(36,31(32,33)34)18-17-28(22,2)26(23)15-16-29(24,25)3;;/h5,8-9,12-13,25-26,28-33,43H,4,6-7,10-11,14-24H2,1-3H3;20-27,35-36H,4-19H2,1-3H3;;1H2/q;;+1;/p-1/t25-,28+,29+,30-,31+,32+,33+,35+,36-,37+;20-,22+,23+,24-,25+,26+,27+,28+,29-,30+;;/m11../s1. The summed E-state index contributed by atoms with van der Waals surface area (Å²) in [7, 11) is 0. The van der Waals surface area contributed by atoms with Crippen molar-refractivity contribution in [1.82, 2.24) is 0 Å². The van der Waals surface area contributed by atoms with Crippen molar-refractivity contribution in [3.05, 3.63) is 35.9 Å². The average Bonchev–Trinajstić information content (AvgIpc) is 3.38. The summed E-state index contributed by atoms with van der Waals surface area (Å²) in [5.74, 6) is 6.75. The third kappa shape index (κ3) is 12.9. The molecule has 4 N–H and O–H groups in total. The molecule has 0 aromatic heterocycles. The van der Waals surface area contributed by atoms with E-state index in [2.05, 4.69) is 41.5 Å². The van der Waals surface area contributed by atoms with Gasteiger partial charge in [0, 0.05) is 0 Å². The van der Waals surface area contributed by atoms with E-state index in [9.17, 15) is 46.5 Å². The molecule has 1 aromatic rings. The maximum absolute atomic E-state index is 13.8. The topological polar surface area (TPSA) is 117 Å². The number of fused-ring (bicyclic) bond motifs is 10. The van der Waals surface area contributed by atoms with Crippen molar-refractivity contribution in [3.8, 4) is 0 Å². The van der Waals surface area contributed by atoms with E-state index in [-0.39, 0.29) is 129 Å². The number of ether oxygens (including phenoxy) is 1. The molecule has 0 spiro atoms. The van der Waals surface area contributed by atoms with Crippen molar-refractivity contribution in [2.75, 3.05) is 0 Å². The predicted molar refractivity (Wildman–Crippen MR) is 306 cm³/mol. The Morgan fingerprint density at radius 1 is 0.524 bits per heavy atom. The zero-order valence-corrected chi connectivity index (χ0v) is 54.7. The van der Waals surface area contributed by atoms with Crippen LogP contribution in [0.2, 0.25) is 0 Å². The number of carbonyl (C=O) groups excluding carboxylic acids is 1. The van der Waals surface area contributed by atoms with Crippen LogP contribution in [0.5, 0.6) is 0 Å². The molecule has 10 fully saturated rings. The molecule has 10 aliphatic carbocycles. The number of carbonyl (C=O) groups is 1. The summed E-state index contributed by atoms with van der Waals surface area (Å²) in [6, 6.07) is 9.40. The van der Waals surface area contributed by atoms with Crippen molar-refractivity contribution in [3.63, 3.8) is 0 Å². The molecule has 0 amide bonds. The van der Waals surface area contributed by atoms with Crippen LogP contribution in [0.25, 0.3) is 0 Å². The van der Waals surface area contributed by atoms with Crippen LogP contribution in [0.1, 0.15) is 257 Å². The molecule has 10 saturated carbocycles. The molecule has 462 valence electrons. The molecule has 0 bridgehead atoms. The van der Waals surface area contributed by atoms with Crippen LogP contribution >= 0.6 is 0 Å². The Bertz CT molecular complexity index is 2240. The molecule has 11 rings (SSSR count). The Labute approximate surface area is 532 Å². The van der Waals surface area contributed by atoms with E-state index < -0.39 is 23.6 Å². The fourth-order valence-corrected chi connectivity index (χ4v) is 22.7. The van der Waals surface area contributed by atoms with E-state index in [0.29, 0.717) is 94.8 Å². The fourth-order valence-electron chi connectivity index (χ4n) is 22.7. The Kier molecular flexibility index (Phi) is 21.7. The molecular formula is C69H107F6KO6. The number of esters is 1. The zero-order chi connectivity index (χ0) is 57.3. The second-order valence-electron chi connectivity index (χ2n) is 31.0. The van der Waals surface area contributed by atoms with E-state index in [4.69, 9.17) is 4.74 Å². The largest absolute Gasteiger partial charge is 1.00 e. The smallest absolute Gasteiger partial charge is 0.870 e. The Balaban J connectivity index is 0.000000214. The van der Waals surface area contributed by atoms with Gasteiger partial charge in [-0.25, -0.2) is 4.79 Å². The van der Waals surface area contributed by atoms with Crippen LogP contribution in [-0.4, -0.2) is 62.5 Å². The first-order chi connectivity index (χ1) is 37.7. The maximum atomic E-state index is 13.8. The maximum Gasteiger partial charge on any atom is 1.00 e. The summed E-state index contributed by atoms with van der Waals surface area (Å²) in [5.41, 5.74) is -3.91. The Morgan fingerprint density at radius 3 is 1.38 bits per heavy atom. The van der Waals surface area contributed by atoms with Crippen LogP contribution in [0.15, 0.2) is 30.3 Å². The number of hydrogen-bond donors (Lipinski definition) is 3. The molecule has 0 aliphatic heterocycles. The number of benzene rings is 1. The van der Waals surface area contributed by atoms with Gasteiger partial charge in [-0.2, -0.15) is 26.3 Å². The first-order valence-electron chi connectivity index (χ1n) is 33.3. The predicted octanol–water partition coefficient (Wildman–Crippen LogP) is 15.3. The van der Waals surface area contributed by atoms with Gasteiger partial charge in [0.05, 0.1) is 11.7 Å². The van der Waals surface area contributed by atoms with Crippen LogP contribution in [0, 0.1) is 105 Å². The summed E-state index contributed by atoms with van der Waals surface area (Å²) in [6.45, 7) is 14.5. The quantitative estimate of drug-likeness (QED) is 0.109. The third-order valence-electron chi connectivity index (χ3n) is 27.5. The number of hydrogen-bond acceptors (Lipinski definition) is 6. The van der Waals surface area contributed by atoms with Gasteiger partial charge in [-0.1, -0.05) is 98.3 Å². The first kappa shape index (κ1) is 67.7. The number of aliphatic hydroxyl groups is 3. The van der Waals surface area contributed by atoms with Gasteiger partial charge in [0.2, 0.25) is 0 Å². The zero-order valence-electron chi connectivity index (χ0n) is 51.6. The number of halogens is 6. The minimum Gasteiger partial charge on any atom is -0.870 e. The van der Waals surface area contributed by atoms with Gasteiger partial charge in [0.25, 0.3) is 0 Å². The van der Waals surface area contributed by atoms with Gasteiger partial charge in [-0.15, -0.1) is 0 Å². The van der Waals surface area contributed by atoms with Gasteiger partial charge in [-0.05, 0) is 284 Å². The van der Waals surface area contributed by atoms with Crippen molar-refractivity contribution in [2.45, 2.75) is 283 Å². The number of alkyl halides is 6. The summed E-state index contributed by atoms with van der Waals surface area (Å²) in [6.07, 6.45) is 21.0. The van der Waals surface area contributed by atoms with Crippen molar-refractivity contribution < 1.29 is 108 Å². The van der Waals surface area contributed by atoms with Gasteiger partial charge in [0.15, 0.2) is 11.2 Å². The molecule has 0 heterocycles. The SMILES string of the molecule is C[C@H](CC[C@H](O)C1CCCCC1)[C@H]1CC[C@H]2[C@@H]3CC[C@H]4C[C@](O)(C(F)(F)F)CC[C@]4(C)[C@H]3CC[C@]12C.C[C@H](CC[C@H](OC(=O)c1ccccc1)C1CCCCC1)[C@H]1CC[C@H]2[C@@H]3CC[C@H]4C[C@](O)(C(F)(F)F)CC[C@]4(C)[C@H]3CC[C@]12C.[K+].[OH-]. The summed E-state index contributed by atoms with van der Waals surface area (Å²) in [4.78, 5) is 13.1. The summed E-state index contributed by atoms with van der Waals surface area (Å²) < 4.78 is 88.5. The second-order valence-corrected chi connectivity index (χ2v) is 31.0. The Hall–Kier alpha value is -0.254. The van der Waals surface area contributed by atoms with Crippen LogP contribution in [-0.2, 0) is 4.74 Å². The first-order valence-corrected chi connectivity index (χ1v) is 33.3. The minimum absolute atomic E-state index is 0. The van der Waals surface area contributed by atoms with Crippen LogP contribution in [0.3, 0.4) is 0 Å². The van der Waals surface area contributed by atoms with Gasteiger partial charge in [-0.3, -0.25) is 0 Å². The molecule has 20 atom stereocenters. The van der Waals surface area contributed by atoms with E-state index in [1.165, 1.54) is 83.5 Å². The second kappa shape index (κ2) is 26.3. The average molecular weight is 1190 g/mol. The molecule has 0 radical (unpaired) electrons. The molecule has 1 aromatic carbocycles. The normalized spacial score (nSPS) is 42.7. The van der Waals surface area contributed by atoms with Crippen LogP contribution in [0.4, 0.5) is 26.3 Å². The fraction of sp³-hybridized carbons (Fsp3) is 0.899. The van der Waals surface area contributed by atoms with E-state index in [0.717, 1.165) is 83.5 Å². The number of aliphatic hydroxyl groups excluding tert-OH is 1. The van der Waals surface area contributed by atoms with E-state index in [1.807, 2.05) is 30.3 Å². The van der Waals surface area contributed by atoms with Gasteiger partial charge < -0.3 is 25.5 Å². The molecule has 13 heteroatoms. The van der Waals surface area contributed by atoms with Crippen molar-refractivity contribution in [1.29, 1.82) is 0 Å². The molecule has 6 nitrogen and oxygen atoms in total. The molecular weight excluding hydrogens is 1080 g/mol. The van der Waals surface area contributed by atoms with Gasteiger partial charge in [0.1, 0.15) is 6.10 Å². The monoisotopic (exact) mass is 1180 g/mol.